The molecule has 5 rings (SSSR count). The molecule has 0 aliphatic carbocycles. The fourth-order valence-corrected chi connectivity index (χ4v) is 5.16. The average molecular weight is 523 g/mol. The Hall–Kier alpha value is -4.26. The van der Waals surface area contributed by atoms with Crippen LogP contribution in [-0.2, 0) is 16.1 Å². The summed E-state index contributed by atoms with van der Waals surface area (Å²) in [6.07, 6.45) is 6.51. The third-order valence-corrected chi connectivity index (χ3v) is 7.38. The standard InChI is InChI=1S/C32H35N5O2/c1-3-26(38)13-5-4-6-15-28(35-31(39)21-37-22(2)34-27-14-9-10-16-30(27)37)32-33-20-29(36-32)25-18-17-23-11-7-8-12-24(23)19-25/h7-12,14,16-20,28H,3-6,13,15,21H2,1-2H3,(H2,33,35,36,39)/p+1/t28-/m0/s1. The number of nitrogens with one attached hydrogen (secondary N) is 3. The summed E-state index contributed by atoms with van der Waals surface area (Å²) in [6, 6.07) is 22.4. The molecule has 0 bridgehead atoms. The molecule has 0 aliphatic heterocycles. The number of fused-ring (bicyclic) bond motifs is 2. The van der Waals surface area contributed by atoms with Crippen molar-refractivity contribution in [3.8, 4) is 11.3 Å². The Bertz CT molecular complexity index is 1600. The van der Waals surface area contributed by atoms with Crippen LogP contribution in [0.15, 0.2) is 72.9 Å². The molecule has 200 valence electrons. The van der Waals surface area contributed by atoms with Gasteiger partial charge in [0.05, 0.1) is 17.9 Å². The summed E-state index contributed by atoms with van der Waals surface area (Å²) in [5, 5.41) is 5.60. The number of hydrogen-bond donors (Lipinski definition) is 3. The van der Waals surface area contributed by atoms with Crippen LogP contribution in [-0.4, -0.2) is 26.6 Å². The summed E-state index contributed by atoms with van der Waals surface area (Å²) in [6.45, 7) is 4.10. The molecule has 0 radical (unpaired) electrons. The third-order valence-electron chi connectivity index (χ3n) is 7.38. The van der Waals surface area contributed by atoms with Crippen LogP contribution in [0.3, 0.4) is 0 Å². The van der Waals surface area contributed by atoms with Crippen molar-refractivity contribution in [3.63, 3.8) is 0 Å². The second-order valence-corrected chi connectivity index (χ2v) is 10.2. The third kappa shape index (κ3) is 6.25. The fourth-order valence-electron chi connectivity index (χ4n) is 5.16. The fraction of sp³-hybridized carbons (Fsp3) is 0.312. The highest BCUT2D eigenvalue weighted by Gasteiger charge is 2.22. The number of aromatic amines is 2. The monoisotopic (exact) mass is 522 g/mol. The molecule has 3 aromatic carbocycles. The van der Waals surface area contributed by atoms with Gasteiger partial charge in [0.2, 0.25) is 0 Å². The van der Waals surface area contributed by atoms with Crippen LogP contribution < -0.4 is 9.88 Å². The quantitative estimate of drug-likeness (QED) is 0.137. The van der Waals surface area contributed by atoms with E-state index >= 15 is 0 Å². The number of amides is 1. The van der Waals surface area contributed by atoms with Gasteiger partial charge >= 0.3 is 0 Å². The summed E-state index contributed by atoms with van der Waals surface area (Å²) in [5.41, 5.74) is 3.98. The van der Waals surface area contributed by atoms with Gasteiger partial charge in [0.1, 0.15) is 11.6 Å². The highest BCUT2D eigenvalue weighted by molar-refractivity contribution is 5.86. The van der Waals surface area contributed by atoms with Crippen LogP contribution in [0.25, 0.3) is 33.1 Å². The van der Waals surface area contributed by atoms with Gasteiger partial charge in [0.25, 0.3) is 11.7 Å². The van der Waals surface area contributed by atoms with Crippen molar-refractivity contribution in [2.45, 2.75) is 65.0 Å². The summed E-state index contributed by atoms with van der Waals surface area (Å²) in [4.78, 5) is 36.5. The number of carbonyl (C=O) groups is 2. The number of nitrogens with zero attached hydrogens (tertiary/aromatic N) is 2. The molecule has 0 unspecified atom stereocenters. The molecule has 7 nitrogen and oxygen atoms in total. The first-order valence-corrected chi connectivity index (χ1v) is 13.8. The highest BCUT2D eigenvalue weighted by atomic mass is 16.2. The second-order valence-electron chi connectivity index (χ2n) is 10.2. The molecule has 2 heterocycles. The number of carbonyl (C=O) groups excluding carboxylic acids is 2. The predicted octanol–water partition coefficient (Wildman–Crippen LogP) is 6.09. The number of aryl methyl sites for hydroxylation is 1. The lowest BCUT2D eigenvalue weighted by atomic mass is 10.0. The maximum absolute atomic E-state index is 13.3. The minimum Gasteiger partial charge on any atom is -0.343 e. The van der Waals surface area contributed by atoms with Crippen LogP contribution >= 0.6 is 0 Å². The molecule has 0 saturated heterocycles. The number of H-pyrrole nitrogens is 2. The van der Waals surface area contributed by atoms with Gasteiger partial charge < -0.3 is 10.3 Å². The molecule has 7 heteroatoms. The van der Waals surface area contributed by atoms with Gasteiger partial charge in [-0.3, -0.25) is 9.59 Å². The van der Waals surface area contributed by atoms with E-state index in [9.17, 15) is 9.59 Å². The summed E-state index contributed by atoms with van der Waals surface area (Å²) in [5.74, 6) is 1.91. The van der Waals surface area contributed by atoms with Gasteiger partial charge in [-0.05, 0) is 41.8 Å². The molecule has 0 spiro atoms. The Kier molecular flexibility index (Phi) is 8.16. The lowest BCUT2D eigenvalue weighted by Gasteiger charge is -2.16. The number of hydrogen-bond acceptors (Lipinski definition) is 3. The molecule has 1 atom stereocenters. The van der Waals surface area contributed by atoms with E-state index in [2.05, 4.69) is 45.6 Å². The molecule has 0 aliphatic rings. The number of imidazole rings is 2. The Morgan fingerprint density at radius 1 is 0.949 bits per heavy atom. The van der Waals surface area contributed by atoms with Gasteiger partial charge in [0.15, 0.2) is 17.6 Å². The van der Waals surface area contributed by atoms with E-state index < -0.39 is 0 Å². The van der Waals surface area contributed by atoms with E-state index in [-0.39, 0.29) is 18.5 Å². The summed E-state index contributed by atoms with van der Waals surface area (Å²) < 4.78 is 2.00. The zero-order valence-electron chi connectivity index (χ0n) is 22.7. The lowest BCUT2D eigenvalue weighted by molar-refractivity contribution is -0.664. The number of ketones is 1. The minimum absolute atomic E-state index is 0.0670. The number of benzene rings is 3. The average Bonchev–Trinajstić information content (AvgIpc) is 3.57. The van der Waals surface area contributed by atoms with Gasteiger partial charge in [-0.15, -0.1) is 0 Å². The smallest absolute Gasteiger partial charge is 0.262 e. The highest BCUT2D eigenvalue weighted by Crippen LogP contribution is 2.26. The molecule has 3 N–H and O–H groups in total. The summed E-state index contributed by atoms with van der Waals surface area (Å²) in [7, 11) is 0. The molecule has 5 aromatic rings. The minimum atomic E-state index is -0.250. The van der Waals surface area contributed by atoms with Crippen LogP contribution in [0.4, 0.5) is 0 Å². The number of Topliss-reactive ketones (excluding diaryl/α,β-unsaturated/α-hetero) is 1. The molecular weight excluding hydrogens is 486 g/mol. The Morgan fingerprint density at radius 2 is 1.74 bits per heavy atom. The Labute approximate surface area is 228 Å². The summed E-state index contributed by atoms with van der Waals surface area (Å²) >= 11 is 0. The second kappa shape index (κ2) is 12.1. The molecule has 1 amide bonds. The molecule has 0 saturated carbocycles. The number of aromatic nitrogens is 4. The van der Waals surface area contributed by atoms with Crippen molar-refractivity contribution in [1.82, 2.24) is 20.3 Å². The van der Waals surface area contributed by atoms with Crippen molar-refractivity contribution in [2.24, 2.45) is 0 Å². The SMILES string of the molecule is CCC(=O)CCCCC[C@H](NC(=O)C[n+]1c(C)[nH]c2ccccc21)c1ncc(-c2ccc3ccccc3c2)[nH]1. The predicted molar refractivity (Wildman–Crippen MR) is 154 cm³/mol. The van der Waals surface area contributed by atoms with Crippen molar-refractivity contribution in [3.05, 3.63) is 84.6 Å². The van der Waals surface area contributed by atoms with Crippen molar-refractivity contribution >= 4 is 33.5 Å². The zero-order chi connectivity index (χ0) is 27.2. The van der Waals surface area contributed by atoms with Gasteiger partial charge in [-0.25, -0.2) is 14.5 Å². The van der Waals surface area contributed by atoms with Gasteiger partial charge in [0, 0.05) is 25.3 Å². The maximum Gasteiger partial charge on any atom is 0.262 e. The van der Waals surface area contributed by atoms with Crippen LogP contribution in [0.1, 0.15) is 63.1 Å². The largest absolute Gasteiger partial charge is 0.343 e. The van der Waals surface area contributed by atoms with Crippen LogP contribution in [0.2, 0.25) is 0 Å². The van der Waals surface area contributed by atoms with E-state index in [1.165, 1.54) is 10.8 Å². The normalized spacial score (nSPS) is 12.2. The first kappa shape index (κ1) is 26.4. The van der Waals surface area contributed by atoms with E-state index in [0.717, 1.165) is 59.6 Å². The maximum atomic E-state index is 13.3. The van der Waals surface area contributed by atoms with E-state index in [4.69, 9.17) is 4.98 Å². The first-order chi connectivity index (χ1) is 19.0. The molecule has 2 aromatic heterocycles. The van der Waals surface area contributed by atoms with E-state index in [0.29, 0.717) is 18.6 Å². The molecular formula is C32H36N5O2+. The lowest BCUT2D eigenvalue weighted by Crippen LogP contribution is -2.45. The van der Waals surface area contributed by atoms with Crippen LogP contribution in [0, 0.1) is 6.92 Å². The van der Waals surface area contributed by atoms with E-state index in [1.54, 1.807) is 0 Å². The van der Waals surface area contributed by atoms with Crippen molar-refractivity contribution in [1.29, 1.82) is 0 Å². The van der Waals surface area contributed by atoms with E-state index in [1.807, 2.05) is 61.0 Å². The zero-order valence-corrected chi connectivity index (χ0v) is 22.7. The first-order valence-electron chi connectivity index (χ1n) is 13.8. The number of para-hydroxylation sites is 2. The number of rotatable bonds is 12. The Balaban J connectivity index is 1.33. The van der Waals surface area contributed by atoms with Crippen molar-refractivity contribution in [2.75, 3.05) is 0 Å². The number of unbranched alkanes of at least 4 members (excludes halogenated alkanes) is 2. The van der Waals surface area contributed by atoms with Crippen molar-refractivity contribution < 1.29 is 14.2 Å². The van der Waals surface area contributed by atoms with Gasteiger partial charge in [-0.1, -0.05) is 68.3 Å². The Morgan fingerprint density at radius 3 is 2.59 bits per heavy atom. The van der Waals surface area contributed by atoms with Gasteiger partial charge in [-0.2, -0.15) is 0 Å². The van der Waals surface area contributed by atoms with Crippen LogP contribution in [0.5, 0.6) is 0 Å². The molecule has 39 heavy (non-hydrogen) atoms. The molecule has 0 fully saturated rings. The topological polar surface area (TPSA) is 94.5 Å².